The van der Waals surface area contributed by atoms with Crippen LogP contribution in [0, 0.1) is 0 Å². The first-order valence-corrected chi connectivity index (χ1v) is 7.30. The minimum Gasteiger partial charge on any atom is -0.411 e. The van der Waals surface area contributed by atoms with Crippen LogP contribution in [-0.4, -0.2) is 21.8 Å². The summed E-state index contributed by atoms with van der Waals surface area (Å²) in [5, 5.41) is 16.6. The van der Waals surface area contributed by atoms with Crippen molar-refractivity contribution in [3.63, 3.8) is 0 Å². The number of carbonyl (C=O) groups excluding carboxylic acids is 1. The second kappa shape index (κ2) is 5.59. The number of hydrogen-bond acceptors (Lipinski definition) is 6. The molecule has 8 heteroatoms. The highest BCUT2D eigenvalue weighted by Gasteiger charge is 2.12. The Morgan fingerprint density at radius 1 is 1.56 bits per heavy atom. The van der Waals surface area contributed by atoms with Crippen LogP contribution in [0.5, 0.6) is 0 Å². The number of anilines is 1. The highest BCUT2D eigenvalue weighted by Crippen LogP contribution is 2.24. The summed E-state index contributed by atoms with van der Waals surface area (Å²) in [4.78, 5) is 16.6. The average Bonchev–Trinajstić information content (AvgIpc) is 2.97. The van der Waals surface area contributed by atoms with E-state index in [0.717, 1.165) is 3.79 Å². The van der Waals surface area contributed by atoms with Crippen molar-refractivity contribution >= 4 is 55.4 Å². The first-order valence-electron chi connectivity index (χ1n) is 4.81. The molecule has 0 radical (unpaired) electrons. The third kappa shape index (κ3) is 2.95. The molecule has 2 heterocycles. The number of thiazole rings is 1. The largest absolute Gasteiger partial charge is 0.411 e. The van der Waals surface area contributed by atoms with Gasteiger partial charge in [0, 0.05) is 5.38 Å². The molecule has 0 spiro atoms. The maximum Gasteiger partial charge on any atom is 0.267 e. The van der Waals surface area contributed by atoms with E-state index < -0.39 is 0 Å². The number of oxime groups is 1. The van der Waals surface area contributed by atoms with Crippen molar-refractivity contribution in [2.24, 2.45) is 5.16 Å². The topological polar surface area (TPSA) is 74.6 Å². The van der Waals surface area contributed by atoms with Crippen LogP contribution >= 0.6 is 38.6 Å². The van der Waals surface area contributed by atoms with Gasteiger partial charge in [-0.15, -0.1) is 22.7 Å². The second-order valence-electron chi connectivity index (χ2n) is 3.28. The van der Waals surface area contributed by atoms with Gasteiger partial charge >= 0.3 is 0 Å². The molecule has 0 atom stereocenters. The molecule has 0 aliphatic heterocycles. The van der Waals surface area contributed by atoms with Crippen molar-refractivity contribution in [1.82, 2.24) is 4.98 Å². The Bertz CT molecular complexity index is 606. The molecule has 2 N–H and O–H groups in total. The number of hydrogen-bond donors (Lipinski definition) is 2. The molecule has 2 aromatic rings. The zero-order chi connectivity index (χ0) is 13.1. The molecule has 94 valence electrons. The molecule has 2 rings (SSSR count). The third-order valence-electron chi connectivity index (χ3n) is 2.04. The van der Waals surface area contributed by atoms with Crippen LogP contribution in [0.4, 0.5) is 5.13 Å². The molecule has 0 saturated carbocycles. The van der Waals surface area contributed by atoms with Gasteiger partial charge in [-0.05, 0) is 35.0 Å². The summed E-state index contributed by atoms with van der Waals surface area (Å²) in [5.41, 5.74) is 0.954. The SMILES string of the molecule is CC(=NO)c1csc(NC(=O)c2ccc(Br)s2)n1. The summed E-state index contributed by atoms with van der Waals surface area (Å²) in [7, 11) is 0. The lowest BCUT2D eigenvalue weighted by Crippen LogP contribution is -2.10. The third-order valence-corrected chi connectivity index (χ3v) is 4.42. The Morgan fingerprint density at radius 2 is 2.33 bits per heavy atom. The number of carbonyl (C=O) groups is 1. The standard InChI is InChI=1S/C10H8BrN3O2S2/c1-5(14-16)6-4-17-10(12-6)13-9(15)7-2-3-8(11)18-7/h2-4,16H,1H3,(H,12,13,15). The van der Waals surface area contributed by atoms with Crippen molar-refractivity contribution in [2.45, 2.75) is 6.92 Å². The van der Waals surface area contributed by atoms with Crippen LogP contribution in [0.3, 0.4) is 0 Å². The monoisotopic (exact) mass is 345 g/mol. The number of amides is 1. The molecule has 0 unspecified atom stereocenters. The van der Waals surface area contributed by atoms with Crippen LogP contribution in [0.25, 0.3) is 0 Å². The van der Waals surface area contributed by atoms with E-state index in [1.807, 2.05) is 6.07 Å². The lowest BCUT2D eigenvalue weighted by Gasteiger charge is -1.97. The van der Waals surface area contributed by atoms with Crippen LogP contribution < -0.4 is 5.32 Å². The van der Waals surface area contributed by atoms with Crippen LogP contribution in [-0.2, 0) is 0 Å². The van der Waals surface area contributed by atoms with E-state index in [-0.39, 0.29) is 5.91 Å². The number of aromatic nitrogens is 1. The molecule has 18 heavy (non-hydrogen) atoms. The van der Waals surface area contributed by atoms with Gasteiger partial charge in [-0.3, -0.25) is 10.1 Å². The highest BCUT2D eigenvalue weighted by molar-refractivity contribution is 9.11. The molecule has 0 fully saturated rings. The zero-order valence-electron chi connectivity index (χ0n) is 9.18. The Balaban J connectivity index is 2.10. The van der Waals surface area contributed by atoms with Gasteiger partial charge in [0.2, 0.25) is 0 Å². The van der Waals surface area contributed by atoms with Gasteiger partial charge in [0.05, 0.1) is 8.66 Å². The molecule has 0 aliphatic rings. The molecule has 2 aromatic heterocycles. The maximum absolute atomic E-state index is 11.8. The number of nitrogens with one attached hydrogen (secondary N) is 1. The first-order chi connectivity index (χ1) is 8.60. The molecular weight excluding hydrogens is 338 g/mol. The summed E-state index contributed by atoms with van der Waals surface area (Å²) in [6.07, 6.45) is 0. The van der Waals surface area contributed by atoms with Gasteiger partial charge < -0.3 is 5.21 Å². The second-order valence-corrected chi connectivity index (χ2v) is 6.60. The average molecular weight is 346 g/mol. The fraction of sp³-hybridized carbons (Fsp3) is 0.100. The summed E-state index contributed by atoms with van der Waals surface area (Å²) in [6, 6.07) is 3.55. The summed E-state index contributed by atoms with van der Waals surface area (Å²) < 4.78 is 0.899. The lowest BCUT2D eigenvalue weighted by molar-refractivity contribution is 0.103. The molecule has 0 aromatic carbocycles. The van der Waals surface area contributed by atoms with E-state index in [9.17, 15) is 4.79 Å². The van der Waals surface area contributed by atoms with Gasteiger partial charge in [-0.2, -0.15) is 0 Å². The van der Waals surface area contributed by atoms with Crippen molar-refractivity contribution in [3.8, 4) is 0 Å². The number of thiophene rings is 1. The van der Waals surface area contributed by atoms with Crippen molar-refractivity contribution in [2.75, 3.05) is 5.32 Å². The normalized spacial score (nSPS) is 11.6. The van der Waals surface area contributed by atoms with E-state index in [1.54, 1.807) is 18.4 Å². The minimum absolute atomic E-state index is 0.204. The molecule has 0 aliphatic carbocycles. The number of halogens is 1. The Morgan fingerprint density at radius 3 is 2.94 bits per heavy atom. The highest BCUT2D eigenvalue weighted by atomic mass is 79.9. The van der Waals surface area contributed by atoms with Gasteiger partial charge in [-0.1, -0.05) is 5.16 Å². The fourth-order valence-electron chi connectivity index (χ4n) is 1.14. The molecule has 0 bridgehead atoms. The lowest BCUT2D eigenvalue weighted by atomic mass is 10.3. The van der Waals surface area contributed by atoms with Crippen molar-refractivity contribution < 1.29 is 10.0 Å². The van der Waals surface area contributed by atoms with Gasteiger partial charge in [0.25, 0.3) is 5.91 Å². The minimum atomic E-state index is -0.204. The zero-order valence-corrected chi connectivity index (χ0v) is 12.4. The van der Waals surface area contributed by atoms with Gasteiger partial charge in [0.15, 0.2) is 5.13 Å². The maximum atomic E-state index is 11.8. The van der Waals surface area contributed by atoms with Crippen LogP contribution in [0.15, 0.2) is 26.5 Å². The van der Waals surface area contributed by atoms with Crippen molar-refractivity contribution in [1.29, 1.82) is 0 Å². The first kappa shape index (κ1) is 13.2. The van der Waals surface area contributed by atoms with Crippen LogP contribution in [0.1, 0.15) is 22.3 Å². The Labute approximate surface area is 119 Å². The van der Waals surface area contributed by atoms with E-state index in [4.69, 9.17) is 5.21 Å². The quantitative estimate of drug-likeness (QED) is 0.508. The number of rotatable bonds is 3. The molecule has 5 nitrogen and oxygen atoms in total. The van der Waals surface area contributed by atoms with Crippen LogP contribution in [0.2, 0.25) is 0 Å². The van der Waals surface area contributed by atoms with E-state index in [2.05, 4.69) is 31.4 Å². The summed E-state index contributed by atoms with van der Waals surface area (Å²) in [6.45, 7) is 1.64. The van der Waals surface area contributed by atoms with E-state index in [1.165, 1.54) is 22.7 Å². The molecular formula is C10H8BrN3O2S2. The summed E-state index contributed by atoms with van der Waals surface area (Å²) >= 11 is 5.93. The van der Waals surface area contributed by atoms with Gasteiger partial charge in [0.1, 0.15) is 11.4 Å². The smallest absolute Gasteiger partial charge is 0.267 e. The number of nitrogens with zero attached hydrogens (tertiary/aromatic N) is 2. The predicted octanol–water partition coefficient (Wildman–Crippen LogP) is 3.42. The summed E-state index contributed by atoms with van der Waals surface area (Å²) in [5.74, 6) is -0.204. The Kier molecular flexibility index (Phi) is 4.10. The molecule has 0 saturated heterocycles. The van der Waals surface area contributed by atoms with E-state index >= 15 is 0 Å². The Hall–Kier alpha value is -1.25. The predicted molar refractivity (Wildman–Crippen MR) is 76.1 cm³/mol. The molecule has 1 amide bonds. The van der Waals surface area contributed by atoms with Crippen molar-refractivity contribution in [3.05, 3.63) is 31.9 Å². The van der Waals surface area contributed by atoms with Gasteiger partial charge in [-0.25, -0.2) is 4.98 Å². The van der Waals surface area contributed by atoms with E-state index in [0.29, 0.717) is 21.4 Å². The fourth-order valence-corrected chi connectivity index (χ4v) is 3.17.